The van der Waals surface area contributed by atoms with Gasteiger partial charge in [0.05, 0.1) is 5.69 Å². The lowest BCUT2D eigenvalue weighted by atomic mass is 10.0. The van der Waals surface area contributed by atoms with E-state index in [2.05, 4.69) is 51.5 Å². The van der Waals surface area contributed by atoms with Crippen LogP contribution in [0.1, 0.15) is 23.7 Å². The van der Waals surface area contributed by atoms with Crippen LogP contribution in [0.3, 0.4) is 0 Å². The second-order valence-electron chi connectivity index (χ2n) is 9.82. The molecule has 4 aromatic rings. The third kappa shape index (κ3) is 6.49. The lowest BCUT2D eigenvalue weighted by molar-refractivity contribution is -0.132. The molecule has 0 bridgehead atoms. The van der Waals surface area contributed by atoms with Crippen LogP contribution in [-0.4, -0.2) is 71.1 Å². The van der Waals surface area contributed by atoms with Crippen LogP contribution in [0.4, 0.5) is 5.82 Å². The molecule has 3 aromatic carbocycles. The van der Waals surface area contributed by atoms with E-state index in [0.717, 1.165) is 29.1 Å². The van der Waals surface area contributed by atoms with Crippen molar-refractivity contribution >= 4 is 29.2 Å². The van der Waals surface area contributed by atoms with Gasteiger partial charge in [-0.15, -0.1) is 10.2 Å². The molecule has 0 N–H and O–H groups in total. The van der Waals surface area contributed by atoms with Gasteiger partial charge in [0.2, 0.25) is 5.91 Å². The van der Waals surface area contributed by atoms with Gasteiger partial charge in [0, 0.05) is 48.9 Å². The van der Waals surface area contributed by atoms with Crippen molar-refractivity contribution in [2.45, 2.75) is 13.3 Å². The number of carbonyl (C=O) groups is 2. The van der Waals surface area contributed by atoms with E-state index in [0.29, 0.717) is 43.3 Å². The van der Waals surface area contributed by atoms with Crippen LogP contribution in [-0.2, 0) is 4.79 Å². The van der Waals surface area contributed by atoms with Crippen molar-refractivity contribution in [1.29, 1.82) is 0 Å². The molecule has 1 aliphatic rings. The Morgan fingerprint density at radius 2 is 1.43 bits per heavy atom. The smallest absolute Gasteiger partial charge is 0.254 e. The maximum atomic E-state index is 13.1. The van der Waals surface area contributed by atoms with Crippen molar-refractivity contribution in [3.63, 3.8) is 0 Å². The molecular formula is C32H32ClN5O2. The summed E-state index contributed by atoms with van der Waals surface area (Å²) < 4.78 is 0. The zero-order chi connectivity index (χ0) is 27.9. The van der Waals surface area contributed by atoms with Crippen LogP contribution in [0.25, 0.3) is 22.4 Å². The molecule has 1 aromatic heterocycles. The third-order valence-corrected chi connectivity index (χ3v) is 7.34. The van der Waals surface area contributed by atoms with Crippen molar-refractivity contribution in [2.75, 3.05) is 44.2 Å². The molecule has 0 atom stereocenters. The number of anilines is 1. The summed E-state index contributed by atoms with van der Waals surface area (Å²) in [5.74, 6) is 0.591. The molecule has 8 heteroatoms. The minimum absolute atomic E-state index is 0.0456. The normalized spacial score (nSPS) is 13.2. The molecular weight excluding hydrogens is 522 g/mol. The second-order valence-corrected chi connectivity index (χ2v) is 10.3. The Labute approximate surface area is 240 Å². The number of hydrogen-bond donors (Lipinski definition) is 0. The van der Waals surface area contributed by atoms with E-state index in [1.165, 1.54) is 5.56 Å². The van der Waals surface area contributed by atoms with E-state index in [1.54, 1.807) is 29.2 Å². The fourth-order valence-corrected chi connectivity index (χ4v) is 4.98. The number of benzene rings is 3. The van der Waals surface area contributed by atoms with Gasteiger partial charge in [0.25, 0.3) is 5.91 Å². The highest BCUT2D eigenvalue weighted by Crippen LogP contribution is 2.24. The first-order valence-electron chi connectivity index (χ1n) is 13.6. The van der Waals surface area contributed by atoms with Crippen LogP contribution >= 0.6 is 11.6 Å². The lowest BCUT2D eigenvalue weighted by Gasteiger charge is -2.36. The lowest BCUT2D eigenvalue weighted by Crippen LogP contribution is -2.52. The summed E-state index contributed by atoms with van der Waals surface area (Å²) in [6, 6.07) is 29.4. The Hall–Kier alpha value is -4.23. The second kappa shape index (κ2) is 12.7. The van der Waals surface area contributed by atoms with Crippen molar-refractivity contribution in [3.8, 4) is 22.4 Å². The molecule has 0 unspecified atom stereocenters. The van der Waals surface area contributed by atoms with Gasteiger partial charge in [-0.2, -0.15) is 0 Å². The summed E-state index contributed by atoms with van der Waals surface area (Å²) in [5.41, 5.74) is 4.70. The quantitative estimate of drug-likeness (QED) is 0.281. The summed E-state index contributed by atoms with van der Waals surface area (Å²) in [7, 11) is 0. The van der Waals surface area contributed by atoms with Crippen molar-refractivity contribution < 1.29 is 9.59 Å². The Bertz CT molecular complexity index is 1420. The molecule has 40 heavy (non-hydrogen) atoms. The summed E-state index contributed by atoms with van der Waals surface area (Å²) >= 11 is 5.96. The SMILES string of the molecule is CCCN(CC(=O)N1CCN(c2ccc(-c3ccc(-c4ccccc4)cc3)nn2)CC1)C(=O)c1ccc(Cl)cc1. The van der Waals surface area contributed by atoms with E-state index in [1.807, 2.05) is 42.2 Å². The molecule has 1 fully saturated rings. The maximum absolute atomic E-state index is 13.1. The van der Waals surface area contributed by atoms with E-state index in [9.17, 15) is 9.59 Å². The molecule has 1 aliphatic heterocycles. The van der Waals surface area contributed by atoms with Crippen LogP contribution in [0.2, 0.25) is 5.02 Å². The number of piperazine rings is 1. The summed E-state index contributed by atoms with van der Waals surface area (Å²) in [5, 5.41) is 9.52. The van der Waals surface area contributed by atoms with Gasteiger partial charge in [-0.1, -0.05) is 73.1 Å². The number of rotatable bonds is 8. The number of amides is 2. The number of hydrogen-bond acceptors (Lipinski definition) is 5. The van der Waals surface area contributed by atoms with Gasteiger partial charge in [0.1, 0.15) is 6.54 Å². The van der Waals surface area contributed by atoms with Crippen LogP contribution in [0, 0.1) is 0 Å². The molecule has 0 spiro atoms. The maximum Gasteiger partial charge on any atom is 0.254 e. The number of carbonyl (C=O) groups excluding carboxylic acids is 2. The fourth-order valence-electron chi connectivity index (χ4n) is 4.86. The van der Waals surface area contributed by atoms with Crippen LogP contribution < -0.4 is 4.90 Å². The number of aromatic nitrogens is 2. The summed E-state index contributed by atoms with van der Waals surface area (Å²) in [6.45, 7) is 5.03. The van der Waals surface area contributed by atoms with E-state index < -0.39 is 0 Å². The minimum Gasteiger partial charge on any atom is -0.352 e. The topological polar surface area (TPSA) is 69.6 Å². The number of halogens is 1. The monoisotopic (exact) mass is 553 g/mol. The molecule has 0 radical (unpaired) electrons. The summed E-state index contributed by atoms with van der Waals surface area (Å²) in [6.07, 6.45) is 0.770. The van der Waals surface area contributed by atoms with Crippen LogP contribution in [0.15, 0.2) is 91.0 Å². The fraction of sp³-hybridized carbons (Fsp3) is 0.250. The zero-order valence-electron chi connectivity index (χ0n) is 22.5. The van der Waals surface area contributed by atoms with Crippen molar-refractivity contribution in [3.05, 3.63) is 102 Å². The first-order chi connectivity index (χ1) is 19.5. The summed E-state index contributed by atoms with van der Waals surface area (Å²) in [4.78, 5) is 31.7. The first kappa shape index (κ1) is 27.3. The average molecular weight is 554 g/mol. The van der Waals surface area contributed by atoms with E-state index in [-0.39, 0.29) is 18.4 Å². The zero-order valence-corrected chi connectivity index (χ0v) is 23.3. The Morgan fingerprint density at radius 1 is 0.775 bits per heavy atom. The van der Waals surface area contributed by atoms with Gasteiger partial charge >= 0.3 is 0 Å². The van der Waals surface area contributed by atoms with Gasteiger partial charge < -0.3 is 14.7 Å². The molecule has 2 heterocycles. The highest BCUT2D eigenvalue weighted by Gasteiger charge is 2.25. The molecule has 5 rings (SSSR count). The molecule has 1 saturated heterocycles. The third-order valence-electron chi connectivity index (χ3n) is 7.09. The van der Waals surface area contributed by atoms with E-state index >= 15 is 0 Å². The highest BCUT2D eigenvalue weighted by atomic mass is 35.5. The molecule has 0 aliphatic carbocycles. The standard InChI is InChI=1S/C32H32ClN5O2/c1-2-18-38(32(40)27-12-14-28(33)15-13-27)23-31(39)37-21-19-36(20-22-37)30-17-16-29(34-35-30)26-10-8-25(9-11-26)24-6-4-3-5-7-24/h3-17H,2,18-23H2,1H3. The van der Waals surface area contributed by atoms with Crippen molar-refractivity contribution in [2.24, 2.45) is 0 Å². The van der Waals surface area contributed by atoms with Gasteiger partial charge in [-0.25, -0.2) is 0 Å². The largest absolute Gasteiger partial charge is 0.352 e. The average Bonchev–Trinajstić information content (AvgIpc) is 3.01. The predicted octanol–water partition coefficient (Wildman–Crippen LogP) is 5.67. The molecule has 0 saturated carbocycles. The Balaban J connectivity index is 1.16. The van der Waals surface area contributed by atoms with E-state index in [4.69, 9.17) is 11.6 Å². The first-order valence-corrected chi connectivity index (χ1v) is 14.0. The Morgan fingerprint density at radius 3 is 2.05 bits per heavy atom. The van der Waals surface area contributed by atoms with Gasteiger partial charge in [-0.3, -0.25) is 9.59 Å². The molecule has 204 valence electrons. The van der Waals surface area contributed by atoms with Gasteiger partial charge in [-0.05, 0) is 53.9 Å². The number of nitrogens with zero attached hydrogens (tertiary/aromatic N) is 5. The minimum atomic E-state index is -0.157. The molecule has 7 nitrogen and oxygen atoms in total. The highest BCUT2D eigenvalue weighted by molar-refractivity contribution is 6.30. The van der Waals surface area contributed by atoms with Gasteiger partial charge in [0.15, 0.2) is 5.82 Å². The van der Waals surface area contributed by atoms with Crippen molar-refractivity contribution in [1.82, 2.24) is 20.0 Å². The molecule has 2 amide bonds. The Kier molecular flexibility index (Phi) is 8.71. The van der Waals surface area contributed by atoms with Crippen LogP contribution in [0.5, 0.6) is 0 Å². The predicted molar refractivity (Wildman–Crippen MR) is 159 cm³/mol.